The fourth-order valence-electron chi connectivity index (χ4n) is 5.37. The highest BCUT2D eigenvalue weighted by molar-refractivity contribution is 5.90. The van der Waals surface area contributed by atoms with Crippen LogP contribution in [0.5, 0.6) is 0 Å². The lowest BCUT2D eigenvalue weighted by molar-refractivity contribution is 0.370. The number of hydrogen-bond donors (Lipinski definition) is 6. The largest absolute Gasteiger partial charge is 0.367 e. The molecule has 2 aliphatic rings. The van der Waals surface area contributed by atoms with Gasteiger partial charge in [-0.1, -0.05) is 31.4 Å². The smallest absolute Gasteiger partial charge is 0.225 e. The van der Waals surface area contributed by atoms with Crippen LogP contribution < -0.4 is 26.6 Å². The number of nitrogens with one attached hydrogen (secondary N) is 6. The van der Waals surface area contributed by atoms with Gasteiger partial charge >= 0.3 is 0 Å². The molecule has 3 heterocycles. The first-order chi connectivity index (χ1) is 18.3. The maximum Gasteiger partial charge on any atom is 0.225 e. The molecule has 1 saturated carbocycles. The van der Waals surface area contributed by atoms with Crippen molar-refractivity contribution in [3.05, 3.63) is 30.1 Å². The fraction of sp³-hybridized carbons (Fsp3) is 0.667. The zero-order valence-corrected chi connectivity index (χ0v) is 22.1. The Kier molecular flexibility index (Phi) is 9.63. The molecular formula is C27H44N10. The zero-order valence-electron chi connectivity index (χ0n) is 22.1. The first kappa shape index (κ1) is 25.9. The van der Waals surface area contributed by atoms with Gasteiger partial charge in [-0.15, -0.1) is 5.10 Å². The number of H-pyrrole nitrogens is 1. The quantitative estimate of drug-likeness (QED) is 0.184. The van der Waals surface area contributed by atoms with Crippen molar-refractivity contribution in [3.63, 3.8) is 0 Å². The zero-order chi connectivity index (χ0) is 25.1. The number of rotatable bonds is 14. The summed E-state index contributed by atoms with van der Waals surface area (Å²) in [4.78, 5) is 11.4. The summed E-state index contributed by atoms with van der Waals surface area (Å²) in [5.41, 5.74) is 0.943. The van der Waals surface area contributed by atoms with Crippen LogP contribution in [0, 0.1) is 0 Å². The van der Waals surface area contributed by atoms with Gasteiger partial charge in [-0.2, -0.15) is 4.98 Å². The van der Waals surface area contributed by atoms with E-state index in [0.717, 1.165) is 87.1 Å². The van der Waals surface area contributed by atoms with E-state index in [1.807, 2.05) is 23.0 Å². The third-order valence-corrected chi connectivity index (χ3v) is 7.49. The molecule has 3 aromatic rings. The lowest BCUT2D eigenvalue weighted by Gasteiger charge is -2.25. The van der Waals surface area contributed by atoms with Gasteiger partial charge in [-0.3, -0.25) is 5.10 Å². The van der Waals surface area contributed by atoms with Crippen LogP contribution in [0.15, 0.2) is 24.3 Å². The second kappa shape index (κ2) is 13.7. The molecule has 1 aliphatic heterocycles. The van der Waals surface area contributed by atoms with Gasteiger partial charge in [0.25, 0.3) is 0 Å². The Labute approximate surface area is 220 Å². The highest BCUT2D eigenvalue weighted by Gasteiger charge is 2.16. The molecule has 1 aliphatic carbocycles. The summed E-state index contributed by atoms with van der Waals surface area (Å²) in [5.74, 6) is 2.44. The molecule has 0 atom stereocenters. The average Bonchev–Trinajstić information content (AvgIpc) is 2.92. The van der Waals surface area contributed by atoms with Crippen molar-refractivity contribution >= 4 is 22.7 Å². The van der Waals surface area contributed by atoms with Crippen LogP contribution in [0.4, 0.5) is 11.8 Å². The fourth-order valence-corrected chi connectivity index (χ4v) is 5.37. The van der Waals surface area contributed by atoms with Crippen LogP contribution in [0.3, 0.4) is 0 Å². The molecule has 0 unspecified atom stereocenters. The normalized spacial score (nSPS) is 17.4. The van der Waals surface area contributed by atoms with Crippen molar-refractivity contribution in [2.45, 2.75) is 83.0 Å². The standard InChI is InChI=1S/C27H44N10/c1-2-8-21(9-3-1)30-16-6-14-28-15-7-19-37-35-25(36-37)20-31-27-33-24-11-5-4-10-23(24)26(34-27)32-22-12-17-29-18-13-22/h4-5,10-11,21-22,28-30H,1-3,6-9,12-20H2,(H,35,36)(H2,31,32,33,34). The van der Waals surface area contributed by atoms with E-state index in [1.54, 1.807) is 0 Å². The van der Waals surface area contributed by atoms with Crippen molar-refractivity contribution in [2.75, 3.05) is 43.4 Å². The minimum Gasteiger partial charge on any atom is -0.367 e. The molecule has 1 aromatic carbocycles. The van der Waals surface area contributed by atoms with Gasteiger partial charge in [0.15, 0.2) is 5.82 Å². The van der Waals surface area contributed by atoms with Gasteiger partial charge in [0.1, 0.15) is 5.82 Å². The summed E-state index contributed by atoms with van der Waals surface area (Å²) < 4.78 is 0. The van der Waals surface area contributed by atoms with Crippen LogP contribution in [0.25, 0.3) is 10.9 Å². The molecule has 0 amide bonds. The van der Waals surface area contributed by atoms with E-state index in [0.29, 0.717) is 18.5 Å². The SMILES string of the molecule is c1ccc2c(NC3CCNCC3)nc(NCc3nn(CCCNCCCNC4CCCCC4)[nH]3)nc2c1. The molecule has 2 fully saturated rings. The molecule has 202 valence electrons. The number of benzene rings is 1. The van der Waals surface area contributed by atoms with Crippen LogP contribution in [-0.2, 0) is 13.1 Å². The molecule has 2 aromatic heterocycles. The summed E-state index contributed by atoms with van der Waals surface area (Å²) in [7, 11) is 0. The number of para-hydroxylation sites is 1. The first-order valence-electron chi connectivity index (χ1n) is 14.4. The van der Waals surface area contributed by atoms with Crippen LogP contribution in [0.2, 0.25) is 0 Å². The highest BCUT2D eigenvalue weighted by atomic mass is 15.5. The summed E-state index contributed by atoms with van der Waals surface area (Å²) >= 11 is 0. The van der Waals surface area contributed by atoms with Crippen molar-refractivity contribution in [2.24, 2.45) is 0 Å². The topological polar surface area (TPSA) is 120 Å². The Hall–Kier alpha value is -2.69. The minimum absolute atomic E-state index is 0.436. The predicted octanol–water partition coefficient (Wildman–Crippen LogP) is 3.22. The van der Waals surface area contributed by atoms with Crippen LogP contribution in [0.1, 0.15) is 63.6 Å². The Morgan fingerprint density at radius 1 is 0.892 bits per heavy atom. The third kappa shape index (κ3) is 7.90. The number of aromatic amines is 1. The van der Waals surface area contributed by atoms with Gasteiger partial charge in [0, 0.05) is 17.5 Å². The van der Waals surface area contributed by atoms with Crippen LogP contribution in [-0.4, -0.2) is 69.8 Å². The van der Waals surface area contributed by atoms with E-state index in [1.165, 1.54) is 38.5 Å². The lowest BCUT2D eigenvalue weighted by Crippen LogP contribution is -2.35. The number of hydrogen-bond acceptors (Lipinski definition) is 8. The summed E-state index contributed by atoms with van der Waals surface area (Å²) in [6.45, 7) is 6.78. The first-order valence-corrected chi connectivity index (χ1v) is 14.4. The maximum atomic E-state index is 4.80. The Balaban J connectivity index is 0.995. The molecule has 1 saturated heterocycles. The van der Waals surface area contributed by atoms with Crippen molar-refractivity contribution < 1.29 is 0 Å². The Morgan fingerprint density at radius 3 is 2.57 bits per heavy atom. The van der Waals surface area contributed by atoms with Gasteiger partial charge in [-0.25, -0.2) is 9.78 Å². The minimum atomic E-state index is 0.436. The monoisotopic (exact) mass is 508 g/mol. The highest BCUT2D eigenvalue weighted by Crippen LogP contribution is 2.24. The number of aromatic nitrogens is 5. The second-order valence-electron chi connectivity index (χ2n) is 10.5. The summed E-state index contributed by atoms with van der Waals surface area (Å²) in [6, 6.07) is 9.38. The van der Waals surface area contributed by atoms with Gasteiger partial charge in [-0.05, 0) is 83.4 Å². The van der Waals surface area contributed by atoms with Crippen molar-refractivity contribution in [1.29, 1.82) is 0 Å². The molecule has 10 heteroatoms. The molecule has 5 rings (SSSR count). The summed E-state index contributed by atoms with van der Waals surface area (Å²) in [6.07, 6.45) is 11.4. The molecule has 6 N–H and O–H groups in total. The van der Waals surface area contributed by atoms with E-state index in [2.05, 4.69) is 42.8 Å². The van der Waals surface area contributed by atoms with Gasteiger partial charge in [0.2, 0.25) is 5.95 Å². The molecule has 0 spiro atoms. The second-order valence-corrected chi connectivity index (χ2v) is 10.5. The number of piperidine rings is 1. The van der Waals surface area contributed by atoms with Crippen molar-refractivity contribution in [3.8, 4) is 0 Å². The number of fused-ring (bicyclic) bond motifs is 1. The van der Waals surface area contributed by atoms with Gasteiger partial charge in [0.05, 0.1) is 18.6 Å². The van der Waals surface area contributed by atoms with E-state index in [-0.39, 0.29) is 0 Å². The van der Waals surface area contributed by atoms with E-state index >= 15 is 0 Å². The summed E-state index contributed by atoms with van der Waals surface area (Å²) in [5, 5.41) is 26.6. The van der Waals surface area contributed by atoms with E-state index < -0.39 is 0 Å². The molecular weight excluding hydrogens is 464 g/mol. The molecule has 10 nitrogen and oxygen atoms in total. The third-order valence-electron chi connectivity index (χ3n) is 7.49. The van der Waals surface area contributed by atoms with E-state index in [9.17, 15) is 0 Å². The van der Waals surface area contributed by atoms with E-state index in [4.69, 9.17) is 9.97 Å². The molecule has 0 bridgehead atoms. The predicted molar refractivity (Wildman–Crippen MR) is 150 cm³/mol. The van der Waals surface area contributed by atoms with Crippen molar-refractivity contribution in [1.82, 2.24) is 40.9 Å². The average molecular weight is 509 g/mol. The number of nitrogens with zero attached hydrogens (tertiary/aromatic N) is 4. The van der Waals surface area contributed by atoms with Gasteiger partial charge < -0.3 is 26.6 Å². The molecule has 37 heavy (non-hydrogen) atoms. The number of anilines is 2. The Bertz CT molecular complexity index is 1050. The van der Waals surface area contributed by atoms with Crippen LogP contribution >= 0.6 is 0 Å². The lowest BCUT2D eigenvalue weighted by atomic mass is 9.95. The Morgan fingerprint density at radius 2 is 1.70 bits per heavy atom. The maximum absolute atomic E-state index is 4.80. The molecule has 0 radical (unpaired) electrons. The number of aryl methyl sites for hydroxylation is 1.